The summed E-state index contributed by atoms with van der Waals surface area (Å²) in [5.74, 6) is 0. The highest BCUT2D eigenvalue weighted by molar-refractivity contribution is 7.21. The molecule has 60 heavy (non-hydrogen) atoms. The first-order valence-electron chi connectivity index (χ1n) is 20.2. The standard InChI is InChI=1S/C55H38N4S/c1-5-17-41(18-6-1)57(42-19-7-2-8-20-42)45-33-29-39(30-34-45)47-37-38-48(40-31-35-46(36-32-40)58(43-21-9-3-10-22-43)44-23-11-4-12-24-44)54-53(47)56-55(60-54)59-51-27-15-13-25-49(51)50-26-14-16-28-52(50)59/h1-38H. The highest BCUT2D eigenvalue weighted by Gasteiger charge is 2.21. The lowest BCUT2D eigenvalue weighted by molar-refractivity contribution is 1.15. The molecule has 11 rings (SSSR count). The fourth-order valence-corrected chi connectivity index (χ4v) is 9.62. The molecule has 0 spiro atoms. The molecule has 0 aliphatic heterocycles. The van der Waals surface area contributed by atoms with Gasteiger partial charge in [-0.3, -0.25) is 4.57 Å². The number of nitrogens with zero attached hydrogens (tertiary/aromatic N) is 4. The molecular formula is C55H38N4S. The summed E-state index contributed by atoms with van der Waals surface area (Å²) in [5, 5.41) is 3.39. The van der Waals surface area contributed by atoms with Crippen molar-refractivity contribution in [2.24, 2.45) is 0 Å². The highest BCUT2D eigenvalue weighted by Crippen LogP contribution is 2.44. The Kier molecular flexibility index (Phi) is 8.99. The Morgan fingerprint density at radius 3 is 1.12 bits per heavy atom. The Morgan fingerprint density at radius 2 is 0.683 bits per heavy atom. The van der Waals surface area contributed by atoms with Gasteiger partial charge in [0, 0.05) is 56.0 Å². The summed E-state index contributed by atoms with van der Waals surface area (Å²) in [6, 6.07) is 81.9. The highest BCUT2D eigenvalue weighted by atomic mass is 32.1. The lowest BCUT2D eigenvalue weighted by Gasteiger charge is -2.25. The van der Waals surface area contributed by atoms with Crippen molar-refractivity contribution in [2.45, 2.75) is 0 Å². The molecule has 0 amide bonds. The summed E-state index contributed by atoms with van der Waals surface area (Å²) < 4.78 is 3.49. The molecule has 0 bridgehead atoms. The van der Waals surface area contributed by atoms with Crippen LogP contribution >= 0.6 is 11.3 Å². The minimum Gasteiger partial charge on any atom is -0.311 e. The maximum Gasteiger partial charge on any atom is 0.195 e. The van der Waals surface area contributed by atoms with Gasteiger partial charge >= 0.3 is 0 Å². The lowest BCUT2D eigenvalue weighted by Crippen LogP contribution is -2.09. The summed E-state index contributed by atoms with van der Waals surface area (Å²) >= 11 is 1.76. The quantitative estimate of drug-likeness (QED) is 0.146. The summed E-state index contributed by atoms with van der Waals surface area (Å²) in [7, 11) is 0. The van der Waals surface area contributed by atoms with Gasteiger partial charge in [-0.05, 0) is 96.1 Å². The number of para-hydroxylation sites is 6. The second kappa shape index (κ2) is 15.2. The average molecular weight is 787 g/mol. The van der Waals surface area contributed by atoms with E-state index in [1.807, 2.05) is 0 Å². The van der Waals surface area contributed by atoms with Crippen LogP contribution in [0.25, 0.3) is 59.4 Å². The van der Waals surface area contributed by atoms with E-state index in [4.69, 9.17) is 4.98 Å². The molecule has 0 fully saturated rings. The van der Waals surface area contributed by atoms with Crippen molar-refractivity contribution in [3.8, 4) is 27.4 Å². The average Bonchev–Trinajstić information content (AvgIpc) is 3.91. The van der Waals surface area contributed by atoms with E-state index in [-0.39, 0.29) is 0 Å². The first-order valence-corrected chi connectivity index (χ1v) is 21.0. The molecule has 0 saturated carbocycles. The summed E-state index contributed by atoms with van der Waals surface area (Å²) in [4.78, 5) is 10.2. The van der Waals surface area contributed by atoms with Gasteiger partial charge in [0.05, 0.1) is 21.3 Å². The van der Waals surface area contributed by atoms with Crippen LogP contribution in [-0.2, 0) is 0 Å². The van der Waals surface area contributed by atoms with Crippen molar-refractivity contribution >= 4 is 77.5 Å². The van der Waals surface area contributed by atoms with E-state index >= 15 is 0 Å². The van der Waals surface area contributed by atoms with E-state index in [1.54, 1.807) is 11.3 Å². The fourth-order valence-electron chi connectivity index (χ4n) is 8.46. The van der Waals surface area contributed by atoms with Gasteiger partial charge in [-0.15, -0.1) is 0 Å². The zero-order valence-electron chi connectivity index (χ0n) is 32.6. The van der Waals surface area contributed by atoms with Gasteiger partial charge < -0.3 is 9.80 Å². The number of anilines is 6. The van der Waals surface area contributed by atoms with E-state index in [0.29, 0.717) is 0 Å². The summed E-state index contributed by atoms with van der Waals surface area (Å²) in [5.41, 5.74) is 14.5. The predicted octanol–water partition coefficient (Wildman–Crippen LogP) is 15.7. The molecule has 2 heterocycles. The summed E-state index contributed by atoms with van der Waals surface area (Å²) in [6.45, 7) is 0. The van der Waals surface area contributed by atoms with Crippen LogP contribution < -0.4 is 9.80 Å². The molecule has 11 aromatic rings. The SMILES string of the molecule is c1ccc(N(c2ccccc2)c2ccc(-c3ccc(-c4ccc(N(c5ccccc5)c5ccccc5)cc4)c4sc(-n5c6ccccc6c6ccccc65)nc34)cc2)cc1. The van der Waals surface area contributed by atoms with Gasteiger partial charge in [0.25, 0.3) is 0 Å². The third-order valence-corrected chi connectivity index (χ3v) is 12.3. The van der Waals surface area contributed by atoms with Crippen LogP contribution in [0.2, 0.25) is 0 Å². The summed E-state index contributed by atoms with van der Waals surface area (Å²) in [6.07, 6.45) is 0. The van der Waals surface area contributed by atoms with E-state index in [9.17, 15) is 0 Å². The van der Waals surface area contributed by atoms with Crippen molar-refractivity contribution < 1.29 is 0 Å². The molecular weight excluding hydrogens is 749 g/mol. The molecule has 0 N–H and O–H groups in total. The second-order valence-corrected chi connectivity index (χ2v) is 15.8. The molecule has 9 aromatic carbocycles. The van der Waals surface area contributed by atoms with E-state index in [1.165, 1.54) is 10.8 Å². The smallest absolute Gasteiger partial charge is 0.195 e. The van der Waals surface area contributed by atoms with Gasteiger partial charge in [-0.1, -0.05) is 157 Å². The number of hydrogen-bond acceptors (Lipinski definition) is 4. The van der Waals surface area contributed by atoms with Gasteiger partial charge in [-0.25, -0.2) is 4.98 Å². The van der Waals surface area contributed by atoms with E-state index < -0.39 is 0 Å². The van der Waals surface area contributed by atoms with E-state index in [0.717, 1.165) is 82.8 Å². The fraction of sp³-hybridized carbons (Fsp3) is 0. The Morgan fingerprint density at radius 1 is 0.333 bits per heavy atom. The zero-order chi connectivity index (χ0) is 39.8. The normalized spacial score (nSPS) is 11.3. The van der Waals surface area contributed by atoms with Gasteiger partial charge in [0.15, 0.2) is 5.13 Å². The number of hydrogen-bond donors (Lipinski definition) is 0. The van der Waals surface area contributed by atoms with Crippen molar-refractivity contribution in [3.63, 3.8) is 0 Å². The number of benzene rings is 9. The number of rotatable bonds is 9. The number of fused-ring (bicyclic) bond motifs is 4. The van der Waals surface area contributed by atoms with Crippen molar-refractivity contribution in [1.82, 2.24) is 9.55 Å². The Bertz CT molecular complexity index is 2940. The Labute approximate surface area is 353 Å². The van der Waals surface area contributed by atoms with Crippen molar-refractivity contribution in [3.05, 3.63) is 231 Å². The molecule has 284 valence electrons. The van der Waals surface area contributed by atoms with Crippen LogP contribution in [0.1, 0.15) is 0 Å². The van der Waals surface area contributed by atoms with E-state index in [2.05, 4.69) is 245 Å². The lowest BCUT2D eigenvalue weighted by atomic mass is 9.98. The monoisotopic (exact) mass is 786 g/mol. The maximum absolute atomic E-state index is 5.56. The minimum atomic E-state index is 0.947. The van der Waals surface area contributed by atoms with Gasteiger partial charge in [-0.2, -0.15) is 0 Å². The Hall–Kier alpha value is -7.73. The molecule has 0 aliphatic carbocycles. The van der Waals surface area contributed by atoms with Crippen LogP contribution in [-0.4, -0.2) is 9.55 Å². The maximum atomic E-state index is 5.56. The second-order valence-electron chi connectivity index (χ2n) is 14.8. The topological polar surface area (TPSA) is 24.3 Å². The van der Waals surface area contributed by atoms with Crippen molar-refractivity contribution in [2.75, 3.05) is 9.80 Å². The molecule has 0 radical (unpaired) electrons. The van der Waals surface area contributed by atoms with Crippen LogP contribution in [0.4, 0.5) is 34.1 Å². The molecule has 0 atom stereocenters. The molecule has 2 aromatic heterocycles. The van der Waals surface area contributed by atoms with Crippen molar-refractivity contribution in [1.29, 1.82) is 0 Å². The van der Waals surface area contributed by atoms with Gasteiger partial charge in [0.2, 0.25) is 0 Å². The molecule has 0 saturated heterocycles. The molecule has 0 unspecified atom stereocenters. The van der Waals surface area contributed by atoms with Crippen LogP contribution in [0.5, 0.6) is 0 Å². The minimum absolute atomic E-state index is 0.947. The molecule has 5 heteroatoms. The van der Waals surface area contributed by atoms with Crippen LogP contribution in [0, 0.1) is 0 Å². The number of aromatic nitrogens is 2. The zero-order valence-corrected chi connectivity index (χ0v) is 33.5. The number of thiazole rings is 1. The first kappa shape index (κ1) is 35.4. The third kappa shape index (κ3) is 6.29. The predicted molar refractivity (Wildman–Crippen MR) is 254 cm³/mol. The van der Waals surface area contributed by atoms with Crippen LogP contribution in [0.3, 0.4) is 0 Å². The Balaban J connectivity index is 1.06. The van der Waals surface area contributed by atoms with Crippen LogP contribution in [0.15, 0.2) is 231 Å². The largest absolute Gasteiger partial charge is 0.311 e. The third-order valence-electron chi connectivity index (χ3n) is 11.2. The molecule has 0 aliphatic rings. The molecule has 4 nitrogen and oxygen atoms in total. The van der Waals surface area contributed by atoms with Gasteiger partial charge in [0.1, 0.15) is 0 Å². The first-order chi connectivity index (χ1) is 29.8.